The molecule has 0 atom stereocenters. The molecule has 0 unspecified atom stereocenters. The largest absolute Gasteiger partial charge is 0.274 e. The maximum atomic E-state index is 4.16. The second-order valence-corrected chi connectivity index (χ2v) is 3.80. The zero-order valence-electron chi connectivity index (χ0n) is 9.89. The first-order valence-electron chi connectivity index (χ1n) is 5.91. The molecule has 0 N–H and O–H groups in total. The molecular formula is C11H22N4. The Morgan fingerprint density at radius 1 is 1.20 bits per heavy atom. The van der Waals surface area contributed by atoms with Crippen LogP contribution in [0.4, 0.5) is 0 Å². The minimum atomic E-state index is 0.719. The number of unbranched alkanes of at least 4 members (excludes halogenated alkanes) is 2. The van der Waals surface area contributed by atoms with E-state index < -0.39 is 0 Å². The molecule has 4 heteroatoms. The Bertz CT molecular complexity index is 205. The molecule has 0 bridgehead atoms. The molecule has 0 aromatic heterocycles. The zero-order chi connectivity index (χ0) is 10.9. The number of nitrogens with zero attached hydrogens (tertiary/aromatic N) is 4. The van der Waals surface area contributed by atoms with Crippen LogP contribution in [0.3, 0.4) is 0 Å². The second kappa shape index (κ2) is 7.40. The van der Waals surface area contributed by atoms with Gasteiger partial charge in [0.2, 0.25) is 0 Å². The molecule has 1 heterocycles. The van der Waals surface area contributed by atoms with Crippen molar-refractivity contribution in [3.63, 3.8) is 0 Å². The number of aliphatic imine (C=N–C) groups is 2. The van der Waals surface area contributed by atoms with E-state index in [1.807, 2.05) is 6.34 Å². The first-order chi connectivity index (χ1) is 7.38. The third-order valence-corrected chi connectivity index (χ3v) is 2.48. The summed E-state index contributed by atoms with van der Waals surface area (Å²) in [5.41, 5.74) is 0. The van der Waals surface area contributed by atoms with Gasteiger partial charge in [-0.2, -0.15) is 0 Å². The van der Waals surface area contributed by atoms with Crippen LogP contribution in [0.5, 0.6) is 0 Å². The van der Waals surface area contributed by atoms with E-state index in [2.05, 4.69) is 33.9 Å². The van der Waals surface area contributed by atoms with Gasteiger partial charge in [0, 0.05) is 13.1 Å². The first kappa shape index (κ1) is 12.2. The fourth-order valence-corrected chi connectivity index (χ4v) is 1.52. The Morgan fingerprint density at radius 2 is 1.87 bits per heavy atom. The average Bonchev–Trinajstić information content (AvgIpc) is 2.30. The van der Waals surface area contributed by atoms with Crippen molar-refractivity contribution in [2.45, 2.75) is 39.5 Å². The molecule has 15 heavy (non-hydrogen) atoms. The van der Waals surface area contributed by atoms with Crippen molar-refractivity contribution >= 4 is 12.7 Å². The summed E-state index contributed by atoms with van der Waals surface area (Å²) in [6.45, 7) is 7.38. The Balaban J connectivity index is 2.39. The number of hydrazine groups is 1. The first-order valence-corrected chi connectivity index (χ1v) is 5.91. The van der Waals surface area contributed by atoms with E-state index in [0.717, 1.165) is 19.8 Å². The highest BCUT2D eigenvalue weighted by molar-refractivity contribution is 5.72. The van der Waals surface area contributed by atoms with Gasteiger partial charge in [-0.3, -0.25) is 10.0 Å². The molecule has 0 aromatic carbocycles. The predicted molar refractivity (Wildman–Crippen MR) is 65.1 cm³/mol. The molecule has 4 nitrogen and oxygen atoms in total. The highest BCUT2D eigenvalue weighted by atomic mass is 15.6. The standard InChI is InChI=1S/C11H22N4/c1-3-5-7-14(8-6-4-2)15-10-12-9-13-11-15/h9-10H,3-8,11H2,1-2H3. The molecule has 0 amide bonds. The molecule has 86 valence electrons. The van der Waals surface area contributed by atoms with E-state index >= 15 is 0 Å². The Labute approximate surface area is 92.7 Å². The minimum Gasteiger partial charge on any atom is -0.274 e. The Morgan fingerprint density at radius 3 is 2.33 bits per heavy atom. The van der Waals surface area contributed by atoms with Crippen LogP contribution in [-0.4, -0.2) is 42.5 Å². The molecule has 0 saturated carbocycles. The van der Waals surface area contributed by atoms with E-state index in [-0.39, 0.29) is 0 Å². The topological polar surface area (TPSA) is 31.2 Å². The molecule has 0 saturated heterocycles. The zero-order valence-corrected chi connectivity index (χ0v) is 9.89. The fourth-order valence-electron chi connectivity index (χ4n) is 1.52. The summed E-state index contributed by atoms with van der Waals surface area (Å²) in [6.07, 6.45) is 8.43. The maximum absolute atomic E-state index is 4.16. The molecule has 0 fully saturated rings. The SMILES string of the molecule is CCCCN(CCCC)N1C=NC=NC1. The van der Waals surface area contributed by atoms with Gasteiger partial charge in [0.1, 0.15) is 19.3 Å². The van der Waals surface area contributed by atoms with E-state index in [4.69, 9.17) is 0 Å². The normalized spacial score (nSPS) is 15.3. The second-order valence-electron chi connectivity index (χ2n) is 3.80. The van der Waals surface area contributed by atoms with Gasteiger partial charge in [-0.1, -0.05) is 26.7 Å². The molecule has 0 aliphatic carbocycles. The third kappa shape index (κ3) is 4.42. The monoisotopic (exact) mass is 210 g/mol. The average molecular weight is 210 g/mol. The molecule has 1 aliphatic heterocycles. The van der Waals surface area contributed by atoms with E-state index in [1.54, 1.807) is 6.34 Å². The molecular weight excluding hydrogens is 188 g/mol. The van der Waals surface area contributed by atoms with Gasteiger partial charge in [0.25, 0.3) is 0 Å². The van der Waals surface area contributed by atoms with Crippen molar-refractivity contribution in [2.75, 3.05) is 19.8 Å². The third-order valence-electron chi connectivity index (χ3n) is 2.48. The van der Waals surface area contributed by atoms with Crippen molar-refractivity contribution in [2.24, 2.45) is 9.98 Å². The summed E-state index contributed by atoms with van der Waals surface area (Å²) in [5, 5.41) is 4.47. The summed E-state index contributed by atoms with van der Waals surface area (Å²) < 4.78 is 0. The van der Waals surface area contributed by atoms with Crippen molar-refractivity contribution in [1.29, 1.82) is 0 Å². The van der Waals surface area contributed by atoms with Crippen LogP contribution < -0.4 is 0 Å². The van der Waals surface area contributed by atoms with Crippen molar-refractivity contribution in [3.8, 4) is 0 Å². The van der Waals surface area contributed by atoms with Gasteiger partial charge in [0.05, 0.1) is 0 Å². The lowest BCUT2D eigenvalue weighted by Gasteiger charge is -2.32. The van der Waals surface area contributed by atoms with Gasteiger partial charge in [-0.25, -0.2) is 10.0 Å². The van der Waals surface area contributed by atoms with Gasteiger partial charge in [-0.15, -0.1) is 0 Å². The van der Waals surface area contributed by atoms with Gasteiger partial charge in [0.15, 0.2) is 0 Å². The minimum absolute atomic E-state index is 0.719. The molecule has 0 aromatic rings. The van der Waals surface area contributed by atoms with E-state index in [0.29, 0.717) is 0 Å². The van der Waals surface area contributed by atoms with E-state index in [1.165, 1.54) is 25.7 Å². The quantitative estimate of drug-likeness (QED) is 0.644. The van der Waals surface area contributed by atoms with Crippen molar-refractivity contribution in [1.82, 2.24) is 10.0 Å². The lowest BCUT2D eigenvalue weighted by Crippen LogP contribution is -2.44. The molecule has 0 radical (unpaired) electrons. The van der Waals surface area contributed by atoms with Crippen molar-refractivity contribution < 1.29 is 0 Å². The van der Waals surface area contributed by atoms with Gasteiger partial charge in [-0.05, 0) is 12.8 Å². The van der Waals surface area contributed by atoms with Crippen LogP contribution in [0.15, 0.2) is 9.98 Å². The summed E-state index contributed by atoms with van der Waals surface area (Å²) >= 11 is 0. The lowest BCUT2D eigenvalue weighted by molar-refractivity contribution is 0.0486. The number of hydrogen-bond acceptors (Lipinski definition) is 4. The van der Waals surface area contributed by atoms with Crippen LogP contribution in [0.1, 0.15) is 39.5 Å². The van der Waals surface area contributed by atoms with Crippen LogP contribution in [0.25, 0.3) is 0 Å². The van der Waals surface area contributed by atoms with Crippen LogP contribution in [0.2, 0.25) is 0 Å². The molecule has 1 rings (SSSR count). The van der Waals surface area contributed by atoms with Crippen LogP contribution >= 0.6 is 0 Å². The Kier molecular flexibility index (Phi) is 6.00. The summed E-state index contributed by atoms with van der Waals surface area (Å²) in [7, 11) is 0. The molecule has 1 aliphatic rings. The maximum Gasteiger partial charge on any atom is 0.127 e. The van der Waals surface area contributed by atoms with Crippen LogP contribution in [-0.2, 0) is 0 Å². The van der Waals surface area contributed by atoms with Crippen LogP contribution in [0, 0.1) is 0 Å². The highest BCUT2D eigenvalue weighted by Crippen LogP contribution is 2.04. The molecule has 0 spiro atoms. The Hall–Kier alpha value is -0.900. The van der Waals surface area contributed by atoms with E-state index in [9.17, 15) is 0 Å². The summed E-state index contributed by atoms with van der Waals surface area (Å²) in [4.78, 5) is 8.22. The smallest absolute Gasteiger partial charge is 0.127 e. The van der Waals surface area contributed by atoms with Crippen molar-refractivity contribution in [3.05, 3.63) is 0 Å². The lowest BCUT2D eigenvalue weighted by atomic mass is 10.3. The van der Waals surface area contributed by atoms with Gasteiger partial charge >= 0.3 is 0 Å². The number of rotatable bonds is 7. The fraction of sp³-hybridized carbons (Fsp3) is 0.818. The van der Waals surface area contributed by atoms with Gasteiger partial charge < -0.3 is 0 Å². The predicted octanol–water partition coefficient (Wildman–Crippen LogP) is 2.13. The number of hydrogen-bond donors (Lipinski definition) is 0. The summed E-state index contributed by atoms with van der Waals surface area (Å²) in [5.74, 6) is 0. The summed E-state index contributed by atoms with van der Waals surface area (Å²) in [6, 6.07) is 0. The highest BCUT2D eigenvalue weighted by Gasteiger charge is 2.11.